The highest BCUT2D eigenvalue weighted by atomic mass is 35.5. The maximum absolute atomic E-state index is 11.7. The molecule has 22 heavy (non-hydrogen) atoms. The Balaban J connectivity index is 2.34. The zero-order valence-corrected chi connectivity index (χ0v) is 13.1. The van der Waals surface area contributed by atoms with Crippen LogP contribution in [0.25, 0.3) is 0 Å². The van der Waals surface area contributed by atoms with E-state index in [4.69, 9.17) is 21.1 Å². The topological polar surface area (TPSA) is 55.8 Å². The van der Waals surface area contributed by atoms with Crippen molar-refractivity contribution >= 4 is 17.6 Å². The first-order valence-corrected chi connectivity index (χ1v) is 7.12. The molecule has 1 atom stereocenters. The first-order valence-electron chi connectivity index (χ1n) is 6.75. The molecule has 0 aromatic heterocycles. The molecule has 1 unspecified atom stereocenters. The lowest BCUT2D eigenvalue weighted by Gasteiger charge is -2.16. The second-order valence-electron chi connectivity index (χ2n) is 4.81. The fourth-order valence-electron chi connectivity index (χ4n) is 2.36. The van der Waals surface area contributed by atoms with Crippen LogP contribution in [0, 0.1) is 0 Å². The minimum absolute atomic E-state index is 0.319. The van der Waals surface area contributed by atoms with Gasteiger partial charge in [-0.25, -0.2) is 0 Å². The lowest BCUT2D eigenvalue weighted by molar-refractivity contribution is -0.138. The van der Waals surface area contributed by atoms with Gasteiger partial charge in [0.25, 0.3) is 0 Å². The zero-order chi connectivity index (χ0) is 16.1. The molecule has 0 saturated heterocycles. The Morgan fingerprint density at radius 2 is 1.82 bits per heavy atom. The average molecular weight is 321 g/mol. The molecule has 0 spiro atoms. The van der Waals surface area contributed by atoms with Gasteiger partial charge in [0.1, 0.15) is 11.5 Å². The van der Waals surface area contributed by atoms with Crippen molar-refractivity contribution in [3.63, 3.8) is 0 Å². The highest BCUT2D eigenvalue weighted by Crippen LogP contribution is 2.32. The van der Waals surface area contributed by atoms with E-state index in [0.29, 0.717) is 28.5 Å². The molecule has 2 rings (SSSR count). The van der Waals surface area contributed by atoms with Crippen molar-refractivity contribution in [3.8, 4) is 11.5 Å². The molecular weight excluding hydrogens is 304 g/mol. The van der Waals surface area contributed by atoms with E-state index in [-0.39, 0.29) is 0 Å². The van der Waals surface area contributed by atoms with Gasteiger partial charge in [-0.05, 0) is 30.2 Å². The van der Waals surface area contributed by atoms with Crippen LogP contribution in [0.3, 0.4) is 0 Å². The predicted molar refractivity (Wildman–Crippen MR) is 85.1 cm³/mol. The molecule has 116 valence electrons. The molecule has 0 fully saturated rings. The van der Waals surface area contributed by atoms with Crippen LogP contribution in [0.5, 0.6) is 11.5 Å². The number of hydrogen-bond donors (Lipinski definition) is 1. The molecule has 0 saturated carbocycles. The van der Waals surface area contributed by atoms with Crippen molar-refractivity contribution in [2.45, 2.75) is 12.3 Å². The third kappa shape index (κ3) is 3.52. The normalized spacial score (nSPS) is 11.8. The summed E-state index contributed by atoms with van der Waals surface area (Å²) in [5, 5.41) is 10.0. The minimum Gasteiger partial charge on any atom is -0.496 e. The lowest BCUT2D eigenvalue weighted by Crippen LogP contribution is -2.15. The summed E-state index contributed by atoms with van der Waals surface area (Å²) in [5.74, 6) is -0.485. The molecule has 0 radical (unpaired) electrons. The van der Waals surface area contributed by atoms with E-state index in [1.807, 2.05) is 12.1 Å². The third-order valence-corrected chi connectivity index (χ3v) is 3.76. The van der Waals surface area contributed by atoms with Gasteiger partial charge in [0, 0.05) is 5.56 Å². The summed E-state index contributed by atoms with van der Waals surface area (Å²) in [6, 6.07) is 12.4. The molecule has 0 heterocycles. The Bertz CT molecular complexity index is 669. The monoisotopic (exact) mass is 320 g/mol. The maximum Gasteiger partial charge on any atom is 0.311 e. The molecule has 0 amide bonds. The molecule has 0 aliphatic rings. The number of rotatable bonds is 6. The van der Waals surface area contributed by atoms with Gasteiger partial charge in [0.05, 0.1) is 25.2 Å². The van der Waals surface area contributed by atoms with E-state index < -0.39 is 11.9 Å². The molecule has 0 bridgehead atoms. The first-order chi connectivity index (χ1) is 10.6. The number of carboxylic acid groups (broad SMARTS) is 1. The number of aliphatic carboxylic acids is 1. The van der Waals surface area contributed by atoms with Crippen LogP contribution in [0.4, 0.5) is 0 Å². The molecule has 0 aliphatic heterocycles. The summed E-state index contributed by atoms with van der Waals surface area (Å²) in [6.07, 6.45) is 0.319. The number of carbonyl (C=O) groups is 1. The first kappa shape index (κ1) is 16.2. The van der Waals surface area contributed by atoms with Crippen molar-refractivity contribution < 1.29 is 19.4 Å². The minimum atomic E-state index is -0.906. The molecule has 2 aromatic carbocycles. The van der Waals surface area contributed by atoms with Gasteiger partial charge in [0.15, 0.2) is 0 Å². The van der Waals surface area contributed by atoms with Crippen LogP contribution in [0.1, 0.15) is 17.0 Å². The third-order valence-electron chi connectivity index (χ3n) is 3.47. The van der Waals surface area contributed by atoms with Crippen molar-refractivity contribution in [1.29, 1.82) is 0 Å². The van der Waals surface area contributed by atoms with Gasteiger partial charge in [-0.1, -0.05) is 35.9 Å². The van der Waals surface area contributed by atoms with E-state index >= 15 is 0 Å². The number of halogens is 1. The summed E-state index contributed by atoms with van der Waals surface area (Å²) in [7, 11) is 3.07. The van der Waals surface area contributed by atoms with Gasteiger partial charge in [-0.2, -0.15) is 0 Å². The maximum atomic E-state index is 11.7. The van der Waals surface area contributed by atoms with E-state index in [9.17, 15) is 9.90 Å². The smallest absolute Gasteiger partial charge is 0.311 e. The van der Waals surface area contributed by atoms with Crippen molar-refractivity contribution in [3.05, 3.63) is 58.6 Å². The summed E-state index contributed by atoms with van der Waals surface area (Å²) < 4.78 is 10.4. The Morgan fingerprint density at radius 1 is 1.14 bits per heavy atom. The summed E-state index contributed by atoms with van der Waals surface area (Å²) in [4.78, 5) is 11.7. The van der Waals surface area contributed by atoms with Crippen molar-refractivity contribution in [2.75, 3.05) is 14.2 Å². The Kier molecular flexibility index (Phi) is 5.28. The second kappa shape index (κ2) is 7.18. The molecule has 5 heteroatoms. The van der Waals surface area contributed by atoms with Crippen LogP contribution in [-0.4, -0.2) is 25.3 Å². The SMILES string of the molecule is COc1ccc(CC(C(=O)O)c2ccccc2OC)cc1Cl. The standard InChI is InChI=1S/C17H17ClO4/c1-21-15-6-4-3-5-12(15)13(17(19)20)9-11-7-8-16(22-2)14(18)10-11/h3-8,10,13H,9H2,1-2H3,(H,19,20). The molecule has 1 N–H and O–H groups in total. The second-order valence-corrected chi connectivity index (χ2v) is 5.21. The predicted octanol–water partition coefficient (Wildman–Crippen LogP) is 3.77. The Morgan fingerprint density at radius 3 is 2.41 bits per heavy atom. The van der Waals surface area contributed by atoms with Crippen LogP contribution in [-0.2, 0) is 11.2 Å². The van der Waals surface area contributed by atoms with Gasteiger partial charge >= 0.3 is 5.97 Å². The number of para-hydroxylation sites is 1. The quantitative estimate of drug-likeness (QED) is 0.880. The zero-order valence-electron chi connectivity index (χ0n) is 12.4. The molecule has 0 aliphatic carbocycles. The Labute approximate surface area is 134 Å². The van der Waals surface area contributed by atoms with Gasteiger partial charge in [-0.3, -0.25) is 4.79 Å². The number of ether oxygens (including phenoxy) is 2. The van der Waals surface area contributed by atoms with Crippen LogP contribution < -0.4 is 9.47 Å². The largest absolute Gasteiger partial charge is 0.496 e. The molecule has 4 nitrogen and oxygen atoms in total. The van der Waals surface area contributed by atoms with Gasteiger partial charge in [0.2, 0.25) is 0 Å². The van der Waals surface area contributed by atoms with Crippen LogP contribution in [0.2, 0.25) is 5.02 Å². The Hall–Kier alpha value is -2.20. The van der Waals surface area contributed by atoms with Crippen molar-refractivity contribution in [2.24, 2.45) is 0 Å². The number of methoxy groups -OCH3 is 2. The number of benzene rings is 2. The highest BCUT2D eigenvalue weighted by Gasteiger charge is 2.24. The summed E-state index contributed by atoms with van der Waals surface area (Å²) in [6.45, 7) is 0. The number of hydrogen-bond acceptors (Lipinski definition) is 3. The average Bonchev–Trinajstić information content (AvgIpc) is 2.52. The summed E-state index contributed by atoms with van der Waals surface area (Å²) in [5.41, 5.74) is 1.47. The highest BCUT2D eigenvalue weighted by molar-refractivity contribution is 6.32. The van der Waals surface area contributed by atoms with E-state index in [2.05, 4.69) is 0 Å². The van der Waals surface area contributed by atoms with Gasteiger partial charge < -0.3 is 14.6 Å². The van der Waals surface area contributed by atoms with Crippen molar-refractivity contribution in [1.82, 2.24) is 0 Å². The fraction of sp³-hybridized carbons (Fsp3) is 0.235. The van der Waals surface area contributed by atoms with E-state index in [0.717, 1.165) is 5.56 Å². The van der Waals surface area contributed by atoms with Crippen LogP contribution >= 0.6 is 11.6 Å². The molecule has 2 aromatic rings. The molecular formula is C17H17ClO4. The van der Waals surface area contributed by atoms with E-state index in [1.165, 1.54) is 14.2 Å². The number of carboxylic acids is 1. The van der Waals surface area contributed by atoms with Crippen LogP contribution in [0.15, 0.2) is 42.5 Å². The lowest BCUT2D eigenvalue weighted by atomic mass is 9.91. The summed E-state index contributed by atoms with van der Waals surface area (Å²) >= 11 is 6.10. The van der Waals surface area contributed by atoms with E-state index in [1.54, 1.807) is 30.3 Å². The fourth-order valence-corrected chi connectivity index (χ4v) is 2.64. The van der Waals surface area contributed by atoms with Gasteiger partial charge in [-0.15, -0.1) is 0 Å².